The monoisotopic (exact) mass is 333 g/mol. The molecule has 2 heterocycles. The summed E-state index contributed by atoms with van der Waals surface area (Å²) in [6.07, 6.45) is 1.07. The van der Waals surface area contributed by atoms with Crippen LogP contribution in [0.25, 0.3) is 0 Å². The van der Waals surface area contributed by atoms with E-state index in [0.29, 0.717) is 0 Å². The second kappa shape index (κ2) is 5.08. The highest BCUT2D eigenvalue weighted by Crippen LogP contribution is 2.59. The molecule has 0 atom stereocenters. The number of rotatable bonds is 1. The second-order valence-corrected chi connectivity index (χ2v) is 7.94. The molecule has 23 heavy (non-hydrogen) atoms. The molecule has 2 aliphatic heterocycles. The van der Waals surface area contributed by atoms with Gasteiger partial charge in [0.15, 0.2) is 0 Å². The SMILES string of the molecule is CCc1cc2c3c(c1)Sc1ccccc1N3c1ccccc1S2. The Hall–Kier alpha value is -1.84. The zero-order valence-corrected chi connectivity index (χ0v) is 14.4. The highest BCUT2D eigenvalue weighted by atomic mass is 32.2. The molecule has 0 spiro atoms. The van der Waals surface area contributed by atoms with Crippen LogP contribution in [0.5, 0.6) is 0 Å². The van der Waals surface area contributed by atoms with E-state index < -0.39 is 0 Å². The highest BCUT2D eigenvalue weighted by molar-refractivity contribution is 8.00. The minimum absolute atomic E-state index is 1.07. The van der Waals surface area contributed by atoms with Crippen molar-refractivity contribution in [3.8, 4) is 0 Å². The first kappa shape index (κ1) is 13.6. The van der Waals surface area contributed by atoms with Gasteiger partial charge in [-0.05, 0) is 48.4 Å². The lowest BCUT2D eigenvalue weighted by Crippen LogP contribution is -2.19. The Balaban J connectivity index is 1.85. The maximum Gasteiger partial charge on any atom is 0.0741 e. The molecule has 0 fully saturated rings. The maximum atomic E-state index is 2.45. The van der Waals surface area contributed by atoms with Gasteiger partial charge in [-0.1, -0.05) is 54.7 Å². The fourth-order valence-electron chi connectivity index (χ4n) is 3.28. The fourth-order valence-corrected chi connectivity index (χ4v) is 5.66. The van der Waals surface area contributed by atoms with E-state index in [-0.39, 0.29) is 0 Å². The van der Waals surface area contributed by atoms with Gasteiger partial charge < -0.3 is 4.90 Å². The van der Waals surface area contributed by atoms with Gasteiger partial charge in [-0.25, -0.2) is 0 Å². The van der Waals surface area contributed by atoms with Gasteiger partial charge in [-0.15, -0.1) is 0 Å². The molecule has 0 radical (unpaired) electrons. The van der Waals surface area contributed by atoms with E-state index in [4.69, 9.17) is 0 Å². The van der Waals surface area contributed by atoms with Gasteiger partial charge in [0.25, 0.3) is 0 Å². The third-order valence-corrected chi connectivity index (χ3v) is 6.58. The van der Waals surface area contributed by atoms with Crippen molar-refractivity contribution in [2.75, 3.05) is 4.90 Å². The third-order valence-electron chi connectivity index (χ3n) is 4.38. The second-order valence-electron chi connectivity index (χ2n) is 5.77. The summed E-state index contributed by atoms with van der Waals surface area (Å²) < 4.78 is 0. The van der Waals surface area contributed by atoms with Crippen molar-refractivity contribution in [3.63, 3.8) is 0 Å². The Morgan fingerprint density at radius 3 is 1.78 bits per heavy atom. The van der Waals surface area contributed by atoms with Gasteiger partial charge in [0, 0.05) is 19.6 Å². The molecule has 0 aromatic heterocycles. The third kappa shape index (κ3) is 1.97. The van der Waals surface area contributed by atoms with Gasteiger partial charge >= 0.3 is 0 Å². The summed E-state index contributed by atoms with van der Waals surface area (Å²) in [6, 6.07) is 22.2. The summed E-state index contributed by atoms with van der Waals surface area (Å²) in [7, 11) is 0. The first-order valence-electron chi connectivity index (χ1n) is 7.86. The van der Waals surface area contributed by atoms with Crippen LogP contribution in [0.2, 0.25) is 0 Å². The predicted octanol–water partition coefficient (Wildman–Crippen LogP) is 6.65. The van der Waals surface area contributed by atoms with Crippen molar-refractivity contribution >= 4 is 40.6 Å². The van der Waals surface area contributed by atoms with Crippen molar-refractivity contribution in [3.05, 3.63) is 66.2 Å². The predicted molar refractivity (Wildman–Crippen MR) is 98.7 cm³/mol. The van der Waals surface area contributed by atoms with Gasteiger partial charge in [0.2, 0.25) is 0 Å². The summed E-state index contributed by atoms with van der Waals surface area (Å²) in [5, 5.41) is 0. The summed E-state index contributed by atoms with van der Waals surface area (Å²) in [4.78, 5) is 7.86. The lowest BCUT2D eigenvalue weighted by molar-refractivity contribution is 1.04. The first-order chi connectivity index (χ1) is 11.3. The molecule has 0 aliphatic carbocycles. The number of aryl methyl sites for hydroxylation is 1. The number of nitrogens with zero attached hydrogens (tertiary/aromatic N) is 1. The van der Waals surface area contributed by atoms with E-state index in [1.165, 1.54) is 42.2 Å². The molecule has 0 saturated heterocycles. The molecule has 0 bridgehead atoms. The highest BCUT2D eigenvalue weighted by Gasteiger charge is 2.32. The summed E-state index contributed by atoms with van der Waals surface area (Å²) in [6.45, 7) is 2.23. The minimum atomic E-state index is 1.07. The van der Waals surface area contributed by atoms with Crippen LogP contribution >= 0.6 is 23.5 Å². The summed E-state index contributed by atoms with van der Waals surface area (Å²) in [5.41, 5.74) is 5.36. The average molecular weight is 333 g/mol. The normalized spacial score (nSPS) is 14.0. The van der Waals surface area contributed by atoms with Crippen LogP contribution < -0.4 is 4.90 Å². The van der Waals surface area contributed by atoms with Gasteiger partial charge in [0.05, 0.1) is 17.1 Å². The van der Waals surface area contributed by atoms with Gasteiger partial charge in [0.1, 0.15) is 0 Å². The van der Waals surface area contributed by atoms with Crippen LogP contribution in [0.15, 0.2) is 80.2 Å². The molecule has 2 aliphatic rings. The molecule has 3 heteroatoms. The smallest absolute Gasteiger partial charge is 0.0741 e. The fraction of sp³-hybridized carbons (Fsp3) is 0.100. The zero-order chi connectivity index (χ0) is 15.4. The number of anilines is 3. The van der Waals surface area contributed by atoms with Crippen LogP contribution in [0.3, 0.4) is 0 Å². The topological polar surface area (TPSA) is 3.24 Å². The van der Waals surface area contributed by atoms with Crippen LogP contribution in [0.4, 0.5) is 17.1 Å². The molecule has 5 rings (SSSR count). The Morgan fingerprint density at radius 1 is 0.739 bits per heavy atom. The molecular formula is C20H15NS2. The molecule has 112 valence electrons. The lowest BCUT2D eigenvalue weighted by atomic mass is 10.1. The van der Waals surface area contributed by atoms with Gasteiger partial charge in [-0.2, -0.15) is 0 Å². The van der Waals surface area contributed by atoms with Crippen molar-refractivity contribution in [2.45, 2.75) is 32.9 Å². The molecule has 0 N–H and O–H groups in total. The van der Waals surface area contributed by atoms with Crippen molar-refractivity contribution in [1.29, 1.82) is 0 Å². The van der Waals surface area contributed by atoms with Crippen molar-refractivity contribution in [1.82, 2.24) is 0 Å². The van der Waals surface area contributed by atoms with E-state index in [9.17, 15) is 0 Å². The summed E-state index contributed by atoms with van der Waals surface area (Å²) >= 11 is 3.80. The van der Waals surface area contributed by atoms with E-state index >= 15 is 0 Å². The number of fused-ring (bicyclic) bond motifs is 4. The molecular weight excluding hydrogens is 318 g/mol. The Kier molecular flexibility index (Phi) is 3.00. The van der Waals surface area contributed by atoms with E-state index in [1.54, 1.807) is 0 Å². The van der Waals surface area contributed by atoms with E-state index in [0.717, 1.165) is 6.42 Å². The quantitative estimate of drug-likeness (QED) is 0.338. The number of benzene rings is 3. The maximum absolute atomic E-state index is 2.45. The molecule has 0 unspecified atom stereocenters. The zero-order valence-electron chi connectivity index (χ0n) is 12.7. The molecule has 3 aromatic rings. The number of hydrogen-bond donors (Lipinski definition) is 0. The van der Waals surface area contributed by atoms with Crippen LogP contribution in [-0.4, -0.2) is 0 Å². The average Bonchev–Trinajstić information content (AvgIpc) is 2.61. The van der Waals surface area contributed by atoms with Gasteiger partial charge in [-0.3, -0.25) is 0 Å². The van der Waals surface area contributed by atoms with Crippen molar-refractivity contribution < 1.29 is 0 Å². The largest absolute Gasteiger partial charge is 0.306 e. The first-order valence-corrected chi connectivity index (χ1v) is 9.49. The Labute approximate surface area is 144 Å². The minimum Gasteiger partial charge on any atom is -0.306 e. The standard InChI is InChI=1S/C20H15NS2/c1-2-13-11-18-20-19(12-13)23-17-10-6-4-8-15(17)21(20)14-7-3-5-9-16(14)22-18/h3-12H,2H2,1H3. The molecule has 3 aromatic carbocycles. The lowest BCUT2D eigenvalue weighted by Gasteiger charge is -2.38. The van der Waals surface area contributed by atoms with E-state index in [2.05, 4.69) is 72.5 Å². The van der Waals surface area contributed by atoms with Crippen LogP contribution in [0.1, 0.15) is 12.5 Å². The molecule has 0 saturated carbocycles. The number of para-hydroxylation sites is 2. The number of hydrogen-bond acceptors (Lipinski definition) is 3. The van der Waals surface area contributed by atoms with E-state index in [1.807, 2.05) is 23.5 Å². The molecule has 0 amide bonds. The van der Waals surface area contributed by atoms with Crippen LogP contribution in [0, 0.1) is 0 Å². The molecule has 1 nitrogen and oxygen atoms in total. The summed E-state index contributed by atoms with van der Waals surface area (Å²) in [5.74, 6) is 0. The van der Waals surface area contributed by atoms with Crippen molar-refractivity contribution in [2.24, 2.45) is 0 Å². The van der Waals surface area contributed by atoms with Crippen LogP contribution in [-0.2, 0) is 6.42 Å². The Morgan fingerprint density at radius 2 is 1.26 bits per heavy atom. The Bertz CT molecular complexity index is 862.